The van der Waals surface area contributed by atoms with Crippen molar-refractivity contribution in [3.8, 4) is 11.1 Å². The molecule has 13 heteroatoms. The number of amides is 2. The lowest BCUT2D eigenvalue weighted by atomic mass is 10.00. The number of halogens is 1. The third kappa shape index (κ3) is 4.48. The molecule has 1 saturated carbocycles. The zero-order valence-corrected chi connectivity index (χ0v) is 24.7. The predicted molar refractivity (Wildman–Crippen MR) is 155 cm³/mol. The van der Waals surface area contributed by atoms with Gasteiger partial charge in [0, 0.05) is 42.1 Å². The lowest BCUT2D eigenvalue weighted by Gasteiger charge is -2.30. The van der Waals surface area contributed by atoms with Crippen LogP contribution in [0, 0.1) is 19.3 Å². The Morgan fingerprint density at radius 2 is 1.86 bits per heavy atom. The van der Waals surface area contributed by atoms with E-state index < -0.39 is 29.0 Å². The lowest BCUT2D eigenvalue weighted by Crippen LogP contribution is -2.51. The molecule has 0 spiro atoms. The quantitative estimate of drug-likeness (QED) is 0.205. The molecule has 3 atom stereocenters. The second-order valence-corrected chi connectivity index (χ2v) is 11.8. The van der Waals surface area contributed by atoms with Gasteiger partial charge in [0.1, 0.15) is 40.3 Å². The molecule has 4 aromatic rings. The van der Waals surface area contributed by atoms with Crippen molar-refractivity contribution in [1.29, 1.82) is 0 Å². The summed E-state index contributed by atoms with van der Waals surface area (Å²) in [4.78, 5) is 53.8. The zero-order valence-electron chi connectivity index (χ0n) is 23.1. The molecule has 2 fully saturated rings. The van der Waals surface area contributed by atoms with E-state index in [1.54, 1.807) is 50.5 Å². The molecular weight excluding hydrogens is 606 g/mol. The lowest BCUT2D eigenvalue weighted by molar-refractivity contribution is -0.151. The number of carbonyl (C=O) groups is 3. The van der Waals surface area contributed by atoms with Gasteiger partial charge < -0.3 is 15.5 Å². The van der Waals surface area contributed by atoms with Crippen LogP contribution in [0.25, 0.3) is 22.0 Å². The fourth-order valence-corrected chi connectivity index (χ4v) is 6.19. The number of carbonyl (C=O) groups excluding carboxylic acids is 3. The van der Waals surface area contributed by atoms with Crippen LogP contribution in [0.4, 0.5) is 5.82 Å². The van der Waals surface area contributed by atoms with Crippen LogP contribution in [0.1, 0.15) is 41.6 Å². The average Bonchev–Trinajstić information content (AvgIpc) is 3.25. The van der Waals surface area contributed by atoms with E-state index in [-0.39, 0.29) is 37.5 Å². The Labute approximate surface area is 248 Å². The van der Waals surface area contributed by atoms with Crippen molar-refractivity contribution in [2.24, 2.45) is 5.41 Å². The van der Waals surface area contributed by atoms with Gasteiger partial charge in [0.2, 0.25) is 11.8 Å². The van der Waals surface area contributed by atoms with Crippen LogP contribution in [-0.4, -0.2) is 75.8 Å². The number of rotatable bonds is 7. The molecule has 3 N–H and O–H groups in total. The van der Waals surface area contributed by atoms with Gasteiger partial charge in [0.15, 0.2) is 5.78 Å². The largest absolute Gasteiger partial charge is 0.396 e. The van der Waals surface area contributed by atoms with Gasteiger partial charge in [-0.3, -0.25) is 24.0 Å². The summed E-state index contributed by atoms with van der Waals surface area (Å²) in [5, 5.41) is 29.3. The normalized spacial score (nSPS) is 22.7. The number of hydrogen-bond acceptors (Lipinski definition) is 9. The second kappa shape index (κ2) is 10.0. The number of pyridine rings is 1. The van der Waals surface area contributed by atoms with E-state index >= 15 is 0 Å². The average molecular weight is 634 g/mol. The van der Waals surface area contributed by atoms with Crippen molar-refractivity contribution in [3.63, 3.8) is 0 Å². The summed E-state index contributed by atoms with van der Waals surface area (Å²) in [6.07, 6.45) is 3.63. The maximum Gasteiger partial charge on any atom is 0.248 e. The molecule has 0 radical (unpaired) electrons. The van der Waals surface area contributed by atoms with Crippen molar-refractivity contribution < 1.29 is 24.6 Å². The molecule has 216 valence electrons. The molecule has 1 aliphatic heterocycles. The highest BCUT2D eigenvalue weighted by atomic mass is 79.9. The first-order valence-corrected chi connectivity index (χ1v) is 14.2. The van der Waals surface area contributed by atoms with Gasteiger partial charge in [-0.1, -0.05) is 12.1 Å². The van der Waals surface area contributed by atoms with Crippen LogP contribution in [0.5, 0.6) is 0 Å². The molecule has 0 bridgehead atoms. The minimum atomic E-state index is -1.68. The van der Waals surface area contributed by atoms with Gasteiger partial charge in [-0.25, -0.2) is 15.0 Å². The minimum absolute atomic E-state index is 0.0884. The fraction of sp³-hybridized carbons (Fsp3) is 0.345. The molecule has 1 aliphatic carbocycles. The summed E-state index contributed by atoms with van der Waals surface area (Å²) >= 11 is 3.30. The van der Waals surface area contributed by atoms with E-state index in [9.17, 15) is 24.6 Å². The Kier molecular flexibility index (Phi) is 6.71. The number of anilines is 1. The van der Waals surface area contributed by atoms with Gasteiger partial charge in [0.05, 0.1) is 12.1 Å². The molecule has 6 rings (SSSR count). The summed E-state index contributed by atoms with van der Waals surface area (Å²) in [5.41, 5.74) is 0.323. The highest BCUT2D eigenvalue weighted by molar-refractivity contribution is 9.10. The minimum Gasteiger partial charge on any atom is -0.396 e. The Morgan fingerprint density at radius 3 is 2.55 bits per heavy atom. The molecule has 42 heavy (non-hydrogen) atoms. The van der Waals surface area contributed by atoms with E-state index in [4.69, 9.17) is 0 Å². The van der Waals surface area contributed by atoms with E-state index in [0.717, 1.165) is 21.6 Å². The van der Waals surface area contributed by atoms with Crippen LogP contribution in [-0.2, 0) is 16.1 Å². The molecule has 2 amide bonds. The summed E-state index contributed by atoms with van der Waals surface area (Å²) in [7, 11) is 0. The second-order valence-electron chi connectivity index (χ2n) is 11.0. The third-order valence-electron chi connectivity index (χ3n) is 8.27. The first kappa shape index (κ1) is 28.1. The number of likely N-dealkylation sites (tertiary alicyclic amines) is 1. The van der Waals surface area contributed by atoms with Crippen LogP contribution in [0.15, 0.2) is 47.3 Å². The van der Waals surface area contributed by atoms with Gasteiger partial charge in [-0.2, -0.15) is 5.10 Å². The first-order valence-electron chi connectivity index (χ1n) is 13.4. The molecular formula is C29H28BrN7O5. The topological polar surface area (TPSA) is 163 Å². The van der Waals surface area contributed by atoms with Crippen molar-refractivity contribution in [2.45, 2.75) is 51.9 Å². The summed E-state index contributed by atoms with van der Waals surface area (Å²) in [6.45, 7) is 4.27. The third-order valence-corrected chi connectivity index (χ3v) is 8.71. The monoisotopic (exact) mass is 633 g/mol. The highest BCUT2D eigenvalue weighted by Gasteiger charge is 2.78. The highest BCUT2D eigenvalue weighted by Crippen LogP contribution is 2.66. The number of aliphatic hydroxyl groups excluding tert-OH is 1. The molecule has 0 unspecified atom stereocenters. The number of aliphatic hydroxyl groups is 2. The number of hydrogen-bond donors (Lipinski definition) is 3. The SMILES string of the molecule is CC(=O)c1nn(CC(=O)N2[C@H](C(=O)Nc3nc(Br)ccc3C)C[C@@]3(CO)C[C@@]23O)c2ccc(-c3cnc(C)nc3)cc12. The number of Topliss-reactive ketones (excluding diaryl/α,β-unsaturated/α-hetero) is 1. The van der Waals surface area contributed by atoms with E-state index in [2.05, 4.69) is 41.3 Å². The maximum atomic E-state index is 13.9. The van der Waals surface area contributed by atoms with Gasteiger partial charge in [0.25, 0.3) is 0 Å². The zero-order chi connectivity index (χ0) is 30.0. The van der Waals surface area contributed by atoms with Crippen LogP contribution in [0.3, 0.4) is 0 Å². The van der Waals surface area contributed by atoms with E-state index in [0.29, 0.717) is 27.1 Å². The van der Waals surface area contributed by atoms with E-state index in [1.807, 2.05) is 6.07 Å². The molecule has 1 aromatic carbocycles. The molecule has 2 aliphatic rings. The van der Waals surface area contributed by atoms with Crippen molar-refractivity contribution >= 4 is 50.2 Å². The van der Waals surface area contributed by atoms with Crippen molar-refractivity contribution in [2.75, 3.05) is 11.9 Å². The first-order chi connectivity index (χ1) is 20.0. The number of ketones is 1. The molecule has 1 saturated heterocycles. The molecule has 3 aromatic heterocycles. The van der Waals surface area contributed by atoms with Crippen molar-refractivity contribution in [3.05, 3.63) is 64.4 Å². The van der Waals surface area contributed by atoms with Crippen molar-refractivity contribution in [1.82, 2.24) is 29.6 Å². The Hall–Kier alpha value is -4.07. The smallest absolute Gasteiger partial charge is 0.248 e. The fourth-order valence-electron chi connectivity index (χ4n) is 5.88. The number of aryl methyl sites for hydroxylation is 2. The van der Waals surface area contributed by atoms with Gasteiger partial charge >= 0.3 is 0 Å². The van der Waals surface area contributed by atoms with E-state index in [1.165, 1.54) is 11.6 Å². The molecule has 4 heterocycles. The standard InChI is InChI=1S/C29H28BrN7O5/c1-15-4-7-23(30)33-26(15)34-27(41)22-9-28(14-38)13-29(28,42)37(22)24(40)12-36-21-6-5-18(19-10-31-17(3)32-11-19)8-20(21)25(35-36)16(2)39/h4-8,10-11,22,38,42H,9,12-14H2,1-3H3,(H,33,34,41)/t22-,28-,29-/m0/s1. The van der Waals surface area contributed by atoms with Crippen LogP contribution >= 0.6 is 15.9 Å². The predicted octanol–water partition coefficient (Wildman–Crippen LogP) is 2.78. The Balaban J connectivity index is 1.33. The van der Waals surface area contributed by atoms with Gasteiger partial charge in [-0.05, 0) is 65.5 Å². The number of fused-ring (bicyclic) bond motifs is 2. The molecule has 12 nitrogen and oxygen atoms in total. The summed E-state index contributed by atoms with van der Waals surface area (Å²) in [6, 6.07) is 7.88. The number of benzene rings is 1. The number of aromatic nitrogens is 5. The van der Waals surface area contributed by atoms with Crippen LogP contribution in [0.2, 0.25) is 0 Å². The maximum absolute atomic E-state index is 13.9. The number of nitrogens with one attached hydrogen (secondary N) is 1. The number of piperidine rings is 1. The summed E-state index contributed by atoms with van der Waals surface area (Å²) in [5.74, 6) is -0.412. The number of nitrogens with zero attached hydrogens (tertiary/aromatic N) is 6. The summed E-state index contributed by atoms with van der Waals surface area (Å²) < 4.78 is 1.93. The Morgan fingerprint density at radius 1 is 1.12 bits per heavy atom. The Bertz CT molecular complexity index is 1770. The van der Waals surface area contributed by atoms with Crippen LogP contribution < -0.4 is 5.32 Å². The van der Waals surface area contributed by atoms with Gasteiger partial charge in [-0.15, -0.1) is 0 Å².